The summed E-state index contributed by atoms with van der Waals surface area (Å²) in [6.45, 7) is 1.25. The van der Waals surface area contributed by atoms with Crippen LogP contribution in [-0.2, 0) is 16.1 Å². The minimum atomic E-state index is -0.450. The lowest BCUT2D eigenvalue weighted by atomic mass is 9.88. The molecule has 0 aliphatic carbocycles. The first-order valence-electron chi connectivity index (χ1n) is 10.6. The lowest BCUT2D eigenvalue weighted by Gasteiger charge is -2.45. The Kier molecular flexibility index (Phi) is 5.44. The van der Waals surface area contributed by atoms with Crippen molar-refractivity contribution in [2.24, 2.45) is 21.7 Å². The summed E-state index contributed by atoms with van der Waals surface area (Å²) in [6.07, 6.45) is 6.34. The lowest BCUT2D eigenvalue weighted by Crippen LogP contribution is -2.60. The number of quaternary nitrogens is 1. The minimum absolute atomic E-state index is 0.0201. The van der Waals surface area contributed by atoms with E-state index in [-0.39, 0.29) is 35.6 Å². The number of amides is 2. The van der Waals surface area contributed by atoms with E-state index in [0.29, 0.717) is 17.8 Å². The Bertz CT molecular complexity index is 1070. The van der Waals surface area contributed by atoms with E-state index in [1.807, 2.05) is 35.2 Å². The average molecular weight is 500 g/mol. The monoisotopic (exact) mass is 499 g/mol. The maximum Gasteiger partial charge on any atom is 0.410 e. The molecule has 4 aliphatic heterocycles. The summed E-state index contributed by atoms with van der Waals surface area (Å²) < 4.78 is 6.00. The van der Waals surface area contributed by atoms with E-state index >= 15 is 0 Å². The van der Waals surface area contributed by atoms with Gasteiger partial charge >= 0.3 is 10.8 Å². The number of aliphatic imine (C=N–C) groups is 2. The smallest absolute Gasteiger partial charge is 0.410 e. The van der Waals surface area contributed by atoms with Crippen LogP contribution in [-0.4, -0.2) is 63.0 Å². The first-order valence-corrected chi connectivity index (χ1v) is 11.4. The maximum atomic E-state index is 12.9. The van der Waals surface area contributed by atoms with E-state index in [9.17, 15) is 9.59 Å². The molecule has 32 heavy (non-hydrogen) atoms. The van der Waals surface area contributed by atoms with Gasteiger partial charge in [-0.3, -0.25) is 14.7 Å². The van der Waals surface area contributed by atoms with E-state index in [2.05, 4.69) is 25.9 Å². The number of benzene rings is 1. The van der Waals surface area contributed by atoms with Gasteiger partial charge in [0.15, 0.2) is 0 Å². The Morgan fingerprint density at radius 2 is 2.06 bits per heavy atom. The number of halogens is 1. The highest BCUT2D eigenvalue weighted by Crippen LogP contribution is 2.38. The van der Waals surface area contributed by atoms with Crippen molar-refractivity contribution < 1.29 is 18.9 Å². The second-order valence-electron chi connectivity index (χ2n) is 8.40. The molecule has 166 valence electrons. The molecule has 0 saturated carbocycles. The Morgan fingerprint density at radius 3 is 2.88 bits per heavy atom. The van der Waals surface area contributed by atoms with Gasteiger partial charge in [0.1, 0.15) is 25.0 Å². The number of hydrogen-bond donors (Lipinski definition) is 1. The normalized spacial score (nSPS) is 29.1. The molecule has 10 heteroatoms. The molecule has 2 saturated heterocycles. The van der Waals surface area contributed by atoms with Gasteiger partial charge in [0.2, 0.25) is 11.6 Å². The topological polar surface area (TPSA) is 101 Å². The van der Waals surface area contributed by atoms with Gasteiger partial charge in [0.05, 0.1) is 12.4 Å². The molecule has 2 fully saturated rings. The number of carbonyl (C=O) groups is 2. The fourth-order valence-electron chi connectivity index (χ4n) is 4.66. The highest BCUT2D eigenvalue weighted by molar-refractivity contribution is 9.18. The SMILES string of the molecule is N[N+]12C=CN=CC1=C(C1CCC3CN(C(=O)OCc4ccccc4)CC(=O)N3C1)N=C2Br. The number of piperidine rings is 1. The van der Waals surface area contributed by atoms with Gasteiger partial charge < -0.3 is 9.64 Å². The molecule has 0 aromatic heterocycles. The molecule has 5 rings (SSSR count). The molecule has 3 atom stereocenters. The number of piperazine rings is 1. The van der Waals surface area contributed by atoms with Gasteiger partial charge in [-0.2, -0.15) is 10.8 Å². The van der Waals surface area contributed by atoms with E-state index in [1.54, 1.807) is 18.6 Å². The van der Waals surface area contributed by atoms with Crippen molar-refractivity contribution in [3.63, 3.8) is 0 Å². The number of allylic oxidation sites excluding steroid dienone is 1. The number of hydrogen-bond acceptors (Lipinski definition) is 6. The van der Waals surface area contributed by atoms with Crippen LogP contribution in [0.1, 0.15) is 18.4 Å². The molecular formula is C22H24BrN6O3+. The zero-order valence-corrected chi connectivity index (χ0v) is 19.0. The summed E-state index contributed by atoms with van der Waals surface area (Å²) in [5.74, 6) is 6.47. The molecule has 4 heterocycles. The molecule has 2 N–H and O–H groups in total. The van der Waals surface area contributed by atoms with Gasteiger partial charge in [0, 0.05) is 41.0 Å². The highest BCUT2D eigenvalue weighted by Gasteiger charge is 2.47. The van der Waals surface area contributed by atoms with Gasteiger partial charge in [0.25, 0.3) is 0 Å². The fourth-order valence-corrected chi connectivity index (χ4v) is 5.16. The van der Waals surface area contributed by atoms with Gasteiger partial charge in [-0.05, 0) is 18.4 Å². The Hall–Kier alpha value is -2.82. The van der Waals surface area contributed by atoms with Crippen molar-refractivity contribution in [3.8, 4) is 0 Å². The summed E-state index contributed by atoms with van der Waals surface area (Å²) in [5, 5.41) is 0. The average Bonchev–Trinajstić information content (AvgIpc) is 3.08. The van der Waals surface area contributed by atoms with Gasteiger partial charge in [-0.25, -0.2) is 4.79 Å². The van der Waals surface area contributed by atoms with Crippen LogP contribution in [0.15, 0.2) is 64.1 Å². The van der Waals surface area contributed by atoms with Crippen molar-refractivity contribution in [1.29, 1.82) is 0 Å². The van der Waals surface area contributed by atoms with Crippen molar-refractivity contribution in [3.05, 3.63) is 59.7 Å². The predicted octanol–water partition coefficient (Wildman–Crippen LogP) is 2.47. The molecule has 9 nitrogen and oxygen atoms in total. The largest absolute Gasteiger partial charge is 0.445 e. The number of nitrogens with zero attached hydrogens (tertiary/aromatic N) is 5. The number of amidine groups is 1. The van der Waals surface area contributed by atoms with E-state index in [0.717, 1.165) is 29.8 Å². The summed E-state index contributed by atoms with van der Waals surface area (Å²) in [5.41, 5.74) is 2.60. The molecule has 1 aromatic rings. The van der Waals surface area contributed by atoms with E-state index in [4.69, 9.17) is 10.6 Å². The van der Waals surface area contributed by atoms with Crippen LogP contribution in [0.25, 0.3) is 0 Å². The van der Waals surface area contributed by atoms with Crippen LogP contribution >= 0.6 is 15.9 Å². The van der Waals surface area contributed by atoms with E-state index < -0.39 is 6.09 Å². The Morgan fingerprint density at radius 1 is 1.25 bits per heavy atom. The number of ether oxygens (including phenoxy) is 1. The van der Waals surface area contributed by atoms with Crippen molar-refractivity contribution >= 4 is 38.9 Å². The van der Waals surface area contributed by atoms with Crippen molar-refractivity contribution in [2.75, 3.05) is 19.6 Å². The van der Waals surface area contributed by atoms with Gasteiger partial charge in [-0.1, -0.05) is 30.3 Å². The molecule has 3 unspecified atom stereocenters. The van der Waals surface area contributed by atoms with Crippen LogP contribution in [0.3, 0.4) is 0 Å². The molecule has 0 bridgehead atoms. The van der Waals surface area contributed by atoms with E-state index in [1.165, 1.54) is 4.90 Å². The third-order valence-electron chi connectivity index (χ3n) is 6.40. The quantitative estimate of drug-likeness (QED) is 0.392. The van der Waals surface area contributed by atoms with Gasteiger partial charge in [-0.15, -0.1) is 4.59 Å². The number of fused-ring (bicyclic) bond motifs is 2. The fraction of sp³-hybridized carbons (Fsp3) is 0.364. The van der Waals surface area contributed by atoms with Crippen LogP contribution in [0.4, 0.5) is 4.79 Å². The molecular weight excluding hydrogens is 476 g/mol. The summed E-state index contributed by atoms with van der Waals surface area (Å²) in [6, 6.07) is 9.49. The first-order chi connectivity index (χ1) is 15.5. The second-order valence-corrected chi connectivity index (χ2v) is 9.11. The number of nitrogens with two attached hydrogens (primary N) is 1. The summed E-state index contributed by atoms with van der Waals surface area (Å²) in [4.78, 5) is 37.8. The Balaban J connectivity index is 1.25. The molecule has 1 aromatic carbocycles. The second kappa shape index (κ2) is 8.27. The zero-order chi connectivity index (χ0) is 22.3. The number of rotatable bonds is 3. The summed E-state index contributed by atoms with van der Waals surface area (Å²) >= 11 is 3.48. The maximum absolute atomic E-state index is 12.9. The van der Waals surface area contributed by atoms with Crippen molar-refractivity contribution in [1.82, 2.24) is 9.80 Å². The Labute approximate surface area is 194 Å². The third-order valence-corrected chi connectivity index (χ3v) is 7.16. The molecule has 0 spiro atoms. The summed E-state index contributed by atoms with van der Waals surface area (Å²) in [7, 11) is 0. The lowest BCUT2D eigenvalue weighted by molar-refractivity contribution is -0.746. The van der Waals surface area contributed by atoms with Crippen LogP contribution in [0.2, 0.25) is 0 Å². The van der Waals surface area contributed by atoms with Crippen LogP contribution < -0.4 is 5.84 Å². The number of carbonyl (C=O) groups excluding carboxylic acids is 2. The standard InChI is InChI=1S/C22H24BrN6O3/c23-21-26-20(18-10-25-8-9-29(18,21)24)16-6-7-17-12-27(13-19(30)28(17)11-16)22(31)32-14-15-4-2-1-3-5-15/h1-5,8-10,16-17H,6-7,11-14,24H2/q+1. The molecule has 2 amide bonds. The third kappa shape index (κ3) is 3.68. The molecule has 4 aliphatic rings. The van der Waals surface area contributed by atoms with Crippen LogP contribution in [0, 0.1) is 5.92 Å². The molecule has 0 radical (unpaired) electrons. The van der Waals surface area contributed by atoms with Crippen LogP contribution in [0.5, 0.6) is 0 Å². The zero-order valence-electron chi connectivity index (χ0n) is 17.4. The predicted molar refractivity (Wildman–Crippen MR) is 122 cm³/mol. The first kappa shape index (κ1) is 21.0. The minimum Gasteiger partial charge on any atom is -0.445 e. The van der Waals surface area contributed by atoms with Crippen molar-refractivity contribution in [2.45, 2.75) is 25.5 Å². The highest BCUT2D eigenvalue weighted by atomic mass is 79.9.